The highest BCUT2D eigenvalue weighted by atomic mass is 79.9. The van der Waals surface area contributed by atoms with Crippen LogP contribution in [0, 0.1) is 0 Å². The maximum absolute atomic E-state index is 13.6. The van der Waals surface area contributed by atoms with Crippen LogP contribution in [0.4, 0.5) is 18.0 Å². The second-order valence-corrected chi connectivity index (χ2v) is 14.5. The summed E-state index contributed by atoms with van der Waals surface area (Å²) in [5, 5.41) is 18.2. The molecule has 0 aromatic heterocycles. The summed E-state index contributed by atoms with van der Waals surface area (Å²) in [4.78, 5) is 72.8. The molecule has 4 rings (SSSR count). The summed E-state index contributed by atoms with van der Waals surface area (Å²) in [6.07, 6.45) is -7.41. The molecule has 0 spiro atoms. The highest BCUT2D eigenvalue weighted by Gasteiger charge is 2.39. The van der Waals surface area contributed by atoms with E-state index in [4.69, 9.17) is 9.84 Å². The molecule has 0 bridgehead atoms. The van der Waals surface area contributed by atoms with Crippen molar-refractivity contribution >= 4 is 61.8 Å². The lowest BCUT2D eigenvalue weighted by atomic mass is 9.98. The van der Waals surface area contributed by atoms with Gasteiger partial charge in [0.15, 0.2) is 5.75 Å². The number of hydrogen-bond acceptors (Lipinski definition) is 10. The number of nitrogens with one attached hydrogen (secondary N) is 4. The van der Waals surface area contributed by atoms with Crippen molar-refractivity contribution in [2.45, 2.75) is 55.3 Å². The molecule has 1 aliphatic carbocycles. The molecule has 3 aromatic carbocycles. The number of alkyl carbamates (subject to hydrolysis) is 1. The van der Waals surface area contributed by atoms with Crippen molar-refractivity contribution in [3.8, 4) is 16.9 Å². The SMILES string of the molecule is C[C@H](NC(=O)CCNC(=O)[C@H](CCC(=O)O)NC(=O)OCC1c2ccccc2-c2ccccc21)C(=O)NCC(=O)Oc1c(C(F)(F)F)cc(Br)cc1S(=O)(=O)O. The van der Waals surface area contributed by atoms with Gasteiger partial charge in [-0.25, -0.2) is 9.59 Å². The number of amides is 4. The first-order valence-corrected chi connectivity index (χ1v) is 18.8. The Morgan fingerprint density at radius 3 is 2.07 bits per heavy atom. The van der Waals surface area contributed by atoms with E-state index in [2.05, 4.69) is 36.6 Å². The standard InChI is InChI=1S/C35H34BrF3N4O12S/c1-18(32(48)41-16-30(47)55-31-25(35(37,38)39)14-19(36)15-27(31)56(51,52)53)42-28(44)12-13-40-33(49)26(10-11-29(45)46)43-34(50)54-17-24-22-8-4-2-6-20(22)21-7-3-5-9-23(21)24/h2-9,14-15,18,24,26H,10-13,16-17H2,1H3,(H,40,49)(H,41,48)(H,42,44)(H,43,50)(H,45,46)(H,51,52,53)/t18-,26-/m0/s1. The number of rotatable bonds is 16. The Hall–Kier alpha value is -5.54. The Morgan fingerprint density at radius 2 is 1.50 bits per heavy atom. The van der Waals surface area contributed by atoms with E-state index in [1.807, 2.05) is 53.8 Å². The van der Waals surface area contributed by atoms with Crippen molar-refractivity contribution in [1.82, 2.24) is 21.3 Å². The molecular formula is C35H34BrF3N4O12S. The topological polar surface area (TPSA) is 244 Å². The third-order valence-corrected chi connectivity index (χ3v) is 9.56. The van der Waals surface area contributed by atoms with E-state index in [-0.39, 0.29) is 25.5 Å². The fraction of sp³-hybridized carbons (Fsp3) is 0.314. The van der Waals surface area contributed by atoms with E-state index in [1.165, 1.54) is 6.92 Å². The predicted octanol–water partition coefficient (Wildman–Crippen LogP) is 3.52. The van der Waals surface area contributed by atoms with E-state index >= 15 is 0 Å². The number of benzene rings is 3. The number of hydrogen-bond donors (Lipinski definition) is 6. The van der Waals surface area contributed by atoms with Crippen LogP contribution in [0.3, 0.4) is 0 Å². The Bertz CT molecular complexity index is 2090. The maximum Gasteiger partial charge on any atom is 0.420 e. The van der Waals surface area contributed by atoms with Crippen LogP contribution in [0.2, 0.25) is 0 Å². The van der Waals surface area contributed by atoms with Crippen molar-refractivity contribution in [1.29, 1.82) is 0 Å². The van der Waals surface area contributed by atoms with Gasteiger partial charge in [-0.1, -0.05) is 64.5 Å². The summed E-state index contributed by atoms with van der Waals surface area (Å²) in [5.74, 6) is -7.22. The zero-order valence-electron chi connectivity index (χ0n) is 29.1. The van der Waals surface area contributed by atoms with Gasteiger partial charge in [0.05, 0.1) is 0 Å². The van der Waals surface area contributed by atoms with Crippen molar-refractivity contribution < 1.29 is 69.5 Å². The van der Waals surface area contributed by atoms with Crippen LogP contribution in [0.1, 0.15) is 48.8 Å². The van der Waals surface area contributed by atoms with Gasteiger partial charge in [0, 0.05) is 29.8 Å². The number of halogens is 4. The molecule has 0 aliphatic heterocycles. The molecule has 3 aromatic rings. The van der Waals surface area contributed by atoms with Crippen molar-refractivity contribution in [3.05, 3.63) is 81.8 Å². The molecular weight excluding hydrogens is 837 g/mol. The van der Waals surface area contributed by atoms with E-state index in [9.17, 15) is 54.9 Å². The Labute approximate surface area is 325 Å². The second kappa shape index (κ2) is 18.4. The molecule has 0 saturated carbocycles. The first kappa shape index (κ1) is 43.2. The van der Waals surface area contributed by atoms with Crippen LogP contribution >= 0.6 is 15.9 Å². The fourth-order valence-electron chi connectivity index (χ4n) is 5.66. The molecule has 2 atom stereocenters. The van der Waals surface area contributed by atoms with Crippen LogP contribution in [0.15, 0.2) is 70.0 Å². The number of carbonyl (C=O) groups is 6. The molecule has 0 heterocycles. The lowest BCUT2D eigenvalue weighted by Crippen LogP contribution is -2.49. The summed E-state index contributed by atoms with van der Waals surface area (Å²) >= 11 is 2.69. The van der Waals surface area contributed by atoms with Gasteiger partial charge in [-0.15, -0.1) is 0 Å². The molecule has 0 saturated heterocycles. The molecule has 300 valence electrons. The summed E-state index contributed by atoms with van der Waals surface area (Å²) in [6.45, 7) is -0.294. The molecule has 16 nitrogen and oxygen atoms in total. The highest BCUT2D eigenvalue weighted by molar-refractivity contribution is 9.10. The van der Waals surface area contributed by atoms with Gasteiger partial charge in [0.25, 0.3) is 10.1 Å². The summed E-state index contributed by atoms with van der Waals surface area (Å²) < 4.78 is 83.1. The van der Waals surface area contributed by atoms with E-state index in [0.717, 1.165) is 22.3 Å². The van der Waals surface area contributed by atoms with Crippen LogP contribution < -0.4 is 26.0 Å². The molecule has 0 unspecified atom stereocenters. The lowest BCUT2D eigenvalue weighted by Gasteiger charge is -2.19. The maximum atomic E-state index is 13.6. The average molecular weight is 872 g/mol. The second-order valence-electron chi connectivity index (χ2n) is 12.2. The first-order valence-electron chi connectivity index (χ1n) is 16.5. The monoisotopic (exact) mass is 870 g/mol. The van der Waals surface area contributed by atoms with Crippen LogP contribution in [-0.4, -0.2) is 85.6 Å². The normalized spacial score (nSPS) is 13.3. The number of carbonyl (C=O) groups excluding carboxylic acids is 5. The molecule has 6 N–H and O–H groups in total. The zero-order chi connectivity index (χ0) is 41.4. The number of carboxylic acids is 1. The highest BCUT2D eigenvalue weighted by Crippen LogP contribution is 2.45. The number of carboxylic acid groups (broad SMARTS) is 1. The van der Waals surface area contributed by atoms with Gasteiger partial charge >= 0.3 is 24.2 Å². The van der Waals surface area contributed by atoms with Gasteiger partial charge in [-0.2, -0.15) is 21.6 Å². The van der Waals surface area contributed by atoms with E-state index in [1.54, 1.807) is 0 Å². The van der Waals surface area contributed by atoms with Crippen molar-refractivity contribution in [2.24, 2.45) is 0 Å². The number of esters is 1. The molecule has 1 aliphatic rings. The Morgan fingerprint density at radius 1 is 0.893 bits per heavy atom. The molecule has 0 radical (unpaired) electrons. The minimum atomic E-state index is -5.31. The van der Waals surface area contributed by atoms with Crippen molar-refractivity contribution in [2.75, 3.05) is 19.7 Å². The molecule has 21 heteroatoms. The van der Waals surface area contributed by atoms with Gasteiger partial charge in [0.1, 0.15) is 35.7 Å². The summed E-state index contributed by atoms with van der Waals surface area (Å²) in [5.41, 5.74) is 2.18. The van der Waals surface area contributed by atoms with Gasteiger partial charge in [-0.05, 0) is 47.7 Å². The van der Waals surface area contributed by atoms with Gasteiger partial charge < -0.3 is 35.8 Å². The van der Waals surface area contributed by atoms with E-state index in [0.29, 0.717) is 12.1 Å². The minimum absolute atomic E-state index is 0.0700. The molecule has 56 heavy (non-hydrogen) atoms. The first-order chi connectivity index (χ1) is 26.3. The van der Waals surface area contributed by atoms with Gasteiger partial charge in [-0.3, -0.25) is 23.7 Å². The Balaban J connectivity index is 1.25. The van der Waals surface area contributed by atoms with Crippen LogP contribution in [-0.2, 0) is 45.0 Å². The number of aliphatic carboxylic acids is 1. The third kappa shape index (κ3) is 11.5. The predicted molar refractivity (Wildman–Crippen MR) is 192 cm³/mol. The van der Waals surface area contributed by atoms with E-state index < -0.39 is 104 Å². The van der Waals surface area contributed by atoms with Crippen LogP contribution in [0.25, 0.3) is 11.1 Å². The molecule has 0 fully saturated rings. The van der Waals surface area contributed by atoms with Gasteiger partial charge in [0.2, 0.25) is 17.7 Å². The summed E-state index contributed by atoms with van der Waals surface area (Å²) in [6, 6.07) is 13.5. The average Bonchev–Trinajstić information content (AvgIpc) is 3.44. The summed E-state index contributed by atoms with van der Waals surface area (Å²) in [7, 11) is -5.31. The minimum Gasteiger partial charge on any atom is -0.481 e. The Kier molecular flexibility index (Phi) is 14.2. The fourth-order valence-corrected chi connectivity index (χ4v) is 6.93. The smallest absolute Gasteiger partial charge is 0.420 e. The largest absolute Gasteiger partial charge is 0.481 e. The van der Waals surface area contributed by atoms with Crippen LogP contribution in [0.5, 0.6) is 5.75 Å². The number of ether oxygens (including phenoxy) is 2. The number of fused-ring (bicyclic) bond motifs is 3. The third-order valence-electron chi connectivity index (χ3n) is 8.25. The molecule has 4 amide bonds. The quantitative estimate of drug-likeness (QED) is 0.0689. The zero-order valence-corrected chi connectivity index (χ0v) is 31.5. The number of alkyl halides is 3. The lowest BCUT2D eigenvalue weighted by molar-refractivity contribution is -0.143. The van der Waals surface area contributed by atoms with Crippen molar-refractivity contribution in [3.63, 3.8) is 0 Å².